The highest BCUT2D eigenvalue weighted by Crippen LogP contribution is 2.15. The number of nitrogens with two attached hydrogens (primary N) is 1. The molecular weight excluding hydrogens is 348 g/mol. The van der Waals surface area contributed by atoms with Gasteiger partial charge in [-0.1, -0.05) is 29.8 Å². The highest BCUT2D eigenvalue weighted by molar-refractivity contribution is 7.90. The first-order chi connectivity index (χ1) is 11.3. The maximum Gasteiger partial charge on any atom is 0.279 e. The molecule has 0 aliphatic rings. The number of carbonyl (C=O) groups is 1. The van der Waals surface area contributed by atoms with Gasteiger partial charge in [-0.05, 0) is 37.3 Å². The van der Waals surface area contributed by atoms with Gasteiger partial charge in [0, 0.05) is 22.5 Å². The average Bonchev–Trinajstić information content (AvgIpc) is 2.53. The highest BCUT2D eigenvalue weighted by Gasteiger charge is 2.13. The summed E-state index contributed by atoms with van der Waals surface area (Å²) in [7, 11) is -3.30. The fourth-order valence-electron chi connectivity index (χ4n) is 2.20. The predicted molar refractivity (Wildman–Crippen MR) is 94.8 cm³/mol. The van der Waals surface area contributed by atoms with E-state index < -0.39 is 9.84 Å². The lowest BCUT2D eigenvalue weighted by atomic mass is 10.1. The number of benzene rings is 2. The molecule has 0 heterocycles. The SMILES string of the molecule is C[C@H]([NH2+]CC(=O)Nc1cccc(S(C)(=O)=O)c1)c1ccc(Cl)cc1. The van der Waals surface area contributed by atoms with Crippen LogP contribution in [0.1, 0.15) is 18.5 Å². The molecule has 2 aromatic carbocycles. The Morgan fingerprint density at radius 1 is 1.21 bits per heavy atom. The number of nitrogens with one attached hydrogen (secondary N) is 1. The Hall–Kier alpha value is -1.89. The number of quaternary nitrogens is 1. The zero-order valence-electron chi connectivity index (χ0n) is 13.5. The van der Waals surface area contributed by atoms with Crippen LogP contribution in [0.2, 0.25) is 5.02 Å². The van der Waals surface area contributed by atoms with Crippen molar-refractivity contribution in [1.29, 1.82) is 0 Å². The van der Waals surface area contributed by atoms with E-state index in [0.29, 0.717) is 10.7 Å². The first kappa shape index (κ1) is 18.4. The molecule has 0 fully saturated rings. The van der Waals surface area contributed by atoms with Crippen molar-refractivity contribution in [1.82, 2.24) is 0 Å². The lowest BCUT2D eigenvalue weighted by Crippen LogP contribution is -2.86. The first-order valence-electron chi connectivity index (χ1n) is 7.44. The van der Waals surface area contributed by atoms with Crippen LogP contribution in [0.5, 0.6) is 0 Å². The van der Waals surface area contributed by atoms with Gasteiger partial charge in [-0.15, -0.1) is 0 Å². The molecule has 0 saturated carbocycles. The van der Waals surface area contributed by atoms with Crippen LogP contribution in [0.4, 0.5) is 5.69 Å². The summed E-state index contributed by atoms with van der Waals surface area (Å²) in [5.74, 6) is -0.193. The van der Waals surface area contributed by atoms with Gasteiger partial charge in [0.15, 0.2) is 16.4 Å². The summed E-state index contributed by atoms with van der Waals surface area (Å²) in [6, 6.07) is 13.8. The van der Waals surface area contributed by atoms with Crippen molar-refractivity contribution in [2.24, 2.45) is 0 Å². The molecular formula is C17H20ClN2O3S+. The zero-order valence-corrected chi connectivity index (χ0v) is 15.1. The van der Waals surface area contributed by atoms with Crippen molar-refractivity contribution >= 4 is 33.0 Å². The molecule has 0 radical (unpaired) electrons. The monoisotopic (exact) mass is 367 g/mol. The number of sulfone groups is 1. The highest BCUT2D eigenvalue weighted by atomic mass is 35.5. The van der Waals surface area contributed by atoms with Crippen molar-refractivity contribution in [3.8, 4) is 0 Å². The molecule has 128 valence electrons. The fourth-order valence-corrected chi connectivity index (χ4v) is 3.00. The number of carbonyl (C=O) groups excluding carboxylic acids is 1. The van der Waals surface area contributed by atoms with E-state index in [0.717, 1.165) is 11.8 Å². The molecule has 0 aromatic heterocycles. The normalized spacial score (nSPS) is 12.6. The van der Waals surface area contributed by atoms with Gasteiger partial charge in [0.2, 0.25) is 0 Å². The summed E-state index contributed by atoms with van der Waals surface area (Å²) < 4.78 is 23.1. The van der Waals surface area contributed by atoms with Crippen LogP contribution in [0.3, 0.4) is 0 Å². The molecule has 0 aliphatic heterocycles. The molecule has 24 heavy (non-hydrogen) atoms. The third-order valence-electron chi connectivity index (χ3n) is 3.60. The van der Waals surface area contributed by atoms with E-state index in [-0.39, 0.29) is 23.4 Å². The van der Waals surface area contributed by atoms with E-state index in [9.17, 15) is 13.2 Å². The van der Waals surface area contributed by atoms with E-state index in [4.69, 9.17) is 11.6 Å². The Morgan fingerprint density at radius 3 is 2.50 bits per heavy atom. The van der Waals surface area contributed by atoms with Crippen molar-refractivity contribution in [3.63, 3.8) is 0 Å². The summed E-state index contributed by atoms with van der Waals surface area (Å²) >= 11 is 5.86. The lowest BCUT2D eigenvalue weighted by Gasteiger charge is -2.11. The maximum absolute atomic E-state index is 12.1. The number of halogens is 1. The molecule has 0 aliphatic carbocycles. The minimum absolute atomic E-state index is 0.107. The van der Waals surface area contributed by atoms with Gasteiger partial charge >= 0.3 is 0 Å². The number of rotatable bonds is 6. The molecule has 1 atom stereocenters. The van der Waals surface area contributed by atoms with Crippen molar-refractivity contribution in [2.75, 3.05) is 18.1 Å². The van der Waals surface area contributed by atoms with Crippen LogP contribution < -0.4 is 10.6 Å². The fraction of sp³-hybridized carbons (Fsp3) is 0.235. The summed E-state index contributed by atoms with van der Waals surface area (Å²) in [6.07, 6.45) is 1.13. The summed E-state index contributed by atoms with van der Waals surface area (Å²) in [5.41, 5.74) is 1.54. The van der Waals surface area contributed by atoms with Gasteiger partial charge in [-0.25, -0.2) is 8.42 Å². The summed E-state index contributed by atoms with van der Waals surface area (Å²) in [6.45, 7) is 2.23. The molecule has 0 unspecified atom stereocenters. The lowest BCUT2D eigenvalue weighted by molar-refractivity contribution is -0.682. The van der Waals surface area contributed by atoms with Gasteiger partial charge in [-0.3, -0.25) is 4.79 Å². The van der Waals surface area contributed by atoms with Crippen LogP contribution >= 0.6 is 11.6 Å². The smallest absolute Gasteiger partial charge is 0.279 e. The van der Waals surface area contributed by atoms with Crippen molar-refractivity contribution in [2.45, 2.75) is 17.9 Å². The number of hydrogen-bond donors (Lipinski definition) is 2. The second-order valence-electron chi connectivity index (χ2n) is 5.63. The van der Waals surface area contributed by atoms with Crippen LogP contribution in [0.15, 0.2) is 53.4 Å². The standard InChI is InChI=1S/C17H19ClN2O3S/c1-12(13-6-8-14(18)9-7-13)19-11-17(21)20-15-4-3-5-16(10-15)24(2,22)23/h3-10,12,19H,11H2,1-2H3,(H,20,21)/p+1/t12-/m0/s1. The molecule has 0 spiro atoms. The van der Waals surface area contributed by atoms with Crippen LogP contribution in [-0.2, 0) is 14.6 Å². The van der Waals surface area contributed by atoms with Crippen molar-refractivity contribution < 1.29 is 18.5 Å². The van der Waals surface area contributed by atoms with E-state index in [1.54, 1.807) is 12.1 Å². The molecule has 1 amide bonds. The number of hydrogen-bond acceptors (Lipinski definition) is 3. The molecule has 7 heteroatoms. The first-order valence-corrected chi connectivity index (χ1v) is 9.71. The van der Waals surface area contributed by atoms with Gasteiger partial charge < -0.3 is 10.6 Å². The average molecular weight is 368 g/mol. The Bertz CT molecular complexity index is 820. The second-order valence-corrected chi connectivity index (χ2v) is 8.08. The second kappa shape index (κ2) is 7.79. The summed E-state index contributed by atoms with van der Waals surface area (Å²) in [5, 5.41) is 5.29. The minimum Gasteiger partial charge on any atom is -0.333 e. The largest absolute Gasteiger partial charge is 0.333 e. The van der Waals surface area contributed by atoms with E-state index in [2.05, 4.69) is 5.32 Å². The van der Waals surface area contributed by atoms with Gasteiger partial charge in [0.25, 0.3) is 5.91 Å². The predicted octanol–water partition coefficient (Wildman–Crippen LogP) is 2.01. The third kappa shape index (κ3) is 5.33. The third-order valence-corrected chi connectivity index (χ3v) is 4.96. The van der Waals surface area contributed by atoms with E-state index in [1.807, 2.05) is 36.5 Å². The van der Waals surface area contributed by atoms with Crippen LogP contribution in [0.25, 0.3) is 0 Å². The van der Waals surface area contributed by atoms with Crippen LogP contribution in [-0.4, -0.2) is 27.1 Å². The Morgan fingerprint density at radius 2 is 1.88 bits per heavy atom. The Balaban J connectivity index is 1.93. The number of anilines is 1. The molecule has 0 saturated heterocycles. The van der Waals surface area contributed by atoms with Gasteiger partial charge in [0.1, 0.15) is 6.04 Å². The van der Waals surface area contributed by atoms with Gasteiger partial charge in [0.05, 0.1) is 4.90 Å². The minimum atomic E-state index is -3.30. The maximum atomic E-state index is 12.1. The van der Waals surface area contributed by atoms with Crippen LogP contribution in [0, 0.1) is 0 Å². The topological polar surface area (TPSA) is 79.8 Å². The zero-order chi connectivity index (χ0) is 17.7. The van der Waals surface area contributed by atoms with Crippen molar-refractivity contribution in [3.05, 3.63) is 59.1 Å². The molecule has 3 N–H and O–H groups in total. The molecule has 0 bridgehead atoms. The Labute approximate surface area is 147 Å². The van der Waals surface area contributed by atoms with Gasteiger partial charge in [-0.2, -0.15) is 0 Å². The summed E-state index contributed by atoms with van der Waals surface area (Å²) in [4.78, 5) is 12.2. The molecule has 2 rings (SSSR count). The number of amides is 1. The molecule has 2 aromatic rings. The molecule has 5 nitrogen and oxygen atoms in total. The quantitative estimate of drug-likeness (QED) is 0.819. The van der Waals surface area contributed by atoms with E-state index >= 15 is 0 Å². The Kier molecular flexibility index (Phi) is 5.99. The van der Waals surface area contributed by atoms with E-state index in [1.165, 1.54) is 12.1 Å².